The molecular weight excluding hydrogens is 530 g/mol. The number of carboxylic acid groups (broad SMARTS) is 2. The van der Waals surface area contributed by atoms with Gasteiger partial charge in [-0.1, -0.05) is 18.2 Å². The number of rotatable bonds is 14. The van der Waals surface area contributed by atoms with Gasteiger partial charge in [0, 0.05) is 47.6 Å². The summed E-state index contributed by atoms with van der Waals surface area (Å²) in [6.07, 6.45) is 3.38. The molecule has 0 aliphatic rings. The number of aromatic amines is 2. The third-order valence-electron chi connectivity index (χ3n) is 5.87. The lowest BCUT2D eigenvalue weighted by molar-refractivity contribution is -0.143. The van der Waals surface area contributed by atoms with Crippen LogP contribution in [0.3, 0.4) is 0 Å². The molecule has 4 atom stereocenters. The number of nitrogens with zero attached hydrogens (tertiary/aromatic N) is 1. The van der Waals surface area contributed by atoms with Crippen LogP contribution >= 0.6 is 12.6 Å². The number of amides is 3. The van der Waals surface area contributed by atoms with E-state index in [0.29, 0.717) is 11.3 Å². The first-order chi connectivity index (χ1) is 18.6. The Morgan fingerprint density at radius 3 is 2.23 bits per heavy atom. The van der Waals surface area contributed by atoms with Crippen molar-refractivity contribution in [3.8, 4) is 0 Å². The number of hydrogen-bond acceptors (Lipinski definition) is 8. The number of benzene rings is 1. The van der Waals surface area contributed by atoms with Crippen molar-refractivity contribution < 1.29 is 34.2 Å². The number of thiol groups is 1. The number of aromatic nitrogens is 3. The van der Waals surface area contributed by atoms with Crippen molar-refractivity contribution in [1.82, 2.24) is 30.9 Å². The summed E-state index contributed by atoms with van der Waals surface area (Å²) in [5, 5.41) is 26.8. The molecule has 0 fully saturated rings. The first-order valence-corrected chi connectivity index (χ1v) is 12.5. The molecule has 0 spiro atoms. The van der Waals surface area contributed by atoms with Crippen LogP contribution in [0.1, 0.15) is 17.7 Å². The number of carboxylic acids is 2. The Bertz CT molecular complexity index is 1330. The van der Waals surface area contributed by atoms with Crippen LogP contribution < -0.4 is 21.7 Å². The molecule has 15 heteroatoms. The second-order valence-electron chi connectivity index (χ2n) is 8.75. The summed E-state index contributed by atoms with van der Waals surface area (Å²) in [4.78, 5) is 71.6. The number of imidazole rings is 1. The average Bonchev–Trinajstić information content (AvgIpc) is 3.56. The number of fused-ring (bicyclic) bond motifs is 1. The largest absolute Gasteiger partial charge is 0.481 e. The molecule has 14 nitrogen and oxygen atoms in total. The number of aliphatic carboxylic acids is 2. The lowest BCUT2D eigenvalue weighted by Crippen LogP contribution is -2.58. The molecule has 208 valence electrons. The predicted molar refractivity (Wildman–Crippen MR) is 142 cm³/mol. The van der Waals surface area contributed by atoms with Crippen molar-refractivity contribution in [3.63, 3.8) is 0 Å². The zero-order valence-electron chi connectivity index (χ0n) is 20.6. The van der Waals surface area contributed by atoms with Crippen molar-refractivity contribution in [1.29, 1.82) is 0 Å². The Morgan fingerprint density at radius 1 is 0.923 bits per heavy atom. The van der Waals surface area contributed by atoms with Gasteiger partial charge in [0.15, 0.2) is 0 Å². The highest BCUT2D eigenvalue weighted by atomic mass is 32.1. The number of carbonyl (C=O) groups excluding carboxylic acids is 3. The summed E-state index contributed by atoms with van der Waals surface area (Å²) < 4.78 is 0. The minimum Gasteiger partial charge on any atom is -0.481 e. The molecule has 0 radical (unpaired) electrons. The van der Waals surface area contributed by atoms with Gasteiger partial charge < -0.3 is 41.9 Å². The molecule has 3 aromatic rings. The highest BCUT2D eigenvalue weighted by Crippen LogP contribution is 2.19. The first kappa shape index (κ1) is 29.2. The van der Waals surface area contributed by atoms with E-state index in [0.717, 1.165) is 10.9 Å². The average molecular weight is 560 g/mol. The maximum Gasteiger partial charge on any atom is 0.326 e. The Kier molecular flexibility index (Phi) is 10.1. The molecule has 3 rings (SSSR count). The number of carbonyl (C=O) groups is 5. The number of nitrogens with one attached hydrogen (secondary N) is 5. The van der Waals surface area contributed by atoms with Crippen LogP contribution in [0.2, 0.25) is 0 Å². The Balaban J connectivity index is 1.81. The molecule has 9 N–H and O–H groups in total. The van der Waals surface area contributed by atoms with Gasteiger partial charge in [-0.2, -0.15) is 12.6 Å². The summed E-state index contributed by atoms with van der Waals surface area (Å²) in [5.74, 6) is -5.34. The highest BCUT2D eigenvalue weighted by Gasteiger charge is 2.32. The van der Waals surface area contributed by atoms with Crippen LogP contribution in [-0.4, -0.2) is 84.7 Å². The van der Waals surface area contributed by atoms with E-state index in [2.05, 4.69) is 43.5 Å². The zero-order chi connectivity index (χ0) is 28.5. The quantitative estimate of drug-likeness (QED) is 0.109. The van der Waals surface area contributed by atoms with Gasteiger partial charge in [-0.15, -0.1) is 0 Å². The smallest absolute Gasteiger partial charge is 0.326 e. The Hall–Kier alpha value is -4.37. The molecule has 0 saturated carbocycles. The van der Waals surface area contributed by atoms with Gasteiger partial charge in [0.25, 0.3) is 0 Å². The third-order valence-corrected chi connectivity index (χ3v) is 6.26. The number of para-hydroxylation sites is 1. The number of H-pyrrole nitrogens is 2. The van der Waals surface area contributed by atoms with E-state index in [4.69, 9.17) is 5.73 Å². The molecule has 0 aliphatic heterocycles. The van der Waals surface area contributed by atoms with Gasteiger partial charge >= 0.3 is 11.9 Å². The van der Waals surface area contributed by atoms with Crippen molar-refractivity contribution in [2.75, 3.05) is 5.75 Å². The van der Waals surface area contributed by atoms with Gasteiger partial charge in [0.05, 0.1) is 18.8 Å². The van der Waals surface area contributed by atoms with Crippen LogP contribution in [0.4, 0.5) is 0 Å². The highest BCUT2D eigenvalue weighted by molar-refractivity contribution is 7.80. The lowest BCUT2D eigenvalue weighted by Gasteiger charge is -2.24. The van der Waals surface area contributed by atoms with Crippen LogP contribution in [-0.2, 0) is 36.8 Å². The fraction of sp³-hybridized carbons (Fsp3) is 0.333. The summed E-state index contributed by atoms with van der Waals surface area (Å²) >= 11 is 4.00. The molecule has 3 amide bonds. The Morgan fingerprint density at radius 2 is 1.59 bits per heavy atom. The maximum absolute atomic E-state index is 13.3. The number of hydrogen-bond donors (Lipinski definition) is 9. The molecule has 2 heterocycles. The standard InChI is InChI=1S/C24H29N7O7S/c25-15(10-39)21(34)29-17(5-12-8-27-16-4-2-1-3-14(12)16)22(35)30-18(7-20(32)33)23(36)31-19(24(37)38)6-13-9-26-11-28-13/h1-4,8-9,11,15,17-19,27,39H,5-7,10,25H2,(H,26,28)(H,29,34)(H,30,35)(H,31,36)(H,32,33)(H,37,38). The molecule has 0 aliphatic carbocycles. The minimum absolute atomic E-state index is 0.00418. The molecular formula is C24H29N7O7S. The van der Waals surface area contributed by atoms with E-state index in [9.17, 15) is 34.2 Å². The van der Waals surface area contributed by atoms with Gasteiger partial charge in [-0.3, -0.25) is 19.2 Å². The monoisotopic (exact) mass is 559 g/mol. The maximum atomic E-state index is 13.3. The predicted octanol–water partition coefficient (Wildman–Crippen LogP) is -1.05. The van der Waals surface area contributed by atoms with E-state index < -0.39 is 60.2 Å². The second kappa shape index (κ2) is 13.4. The van der Waals surface area contributed by atoms with E-state index >= 15 is 0 Å². The van der Waals surface area contributed by atoms with E-state index in [-0.39, 0.29) is 18.6 Å². The summed E-state index contributed by atoms with van der Waals surface area (Å²) in [6.45, 7) is 0. The van der Waals surface area contributed by atoms with Crippen LogP contribution in [0, 0.1) is 0 Å². The van der Waals surface area contributed by atoms with Gasteiger partial charge in [-0.05, 0) is 11.6 Å². The normalized spacial score (nSPS) is 14.1. The molecule has 2 aromatic heterocycles. The molecule has 0 bridgehead atoms. The van der Waals surface area contributed by atoms with E-state index in [1.54, 1.807) is 12.3 Å². The molecule has 1 aromatic carbocycles. The van der Waals surface area contributed by atoms with Crippen molar-refractivity contribution in [2.45, 2.75) is 43.4 Å². The minimum atomic E-state index is -1.64. The zero-order valence-corrected chi connectivity index (χ0v) is 21.5. The molecule has 4 unspecified atom stereocenters. The molecule has 0 saturated heterocycles. The molecule has 39 heavy (non-hydrogen) atoms. The topological polar surface area (TPSA) is 232 Å². The van der Waals surface area contributed by atoms with Crippen LogP contribution in [0.5, 0.6) is 0 Å². The third kappa shape index (κ3) is 8.05. The van der Waals surface area contributed by atoms with Crippen molar-refractivity contribution >= 4 is 53.2 Å². The first-order valence-electron chi connectivity index (χ1n) is 11.8. The number of nitrogens with two attached hydrogens (primary N) is 1. The van der Waals surface area contributed by atoms with Crippen LogP contribution in [0.25, 0.3) is 10.9 Å². The SMILES string of the molecule is NC(CS)C(=O)NC(Cc1c[nH]c2ccccc12)C(=O)NC(CC(=O)O)C(=O)NC(Cc1cnc[nH]1)C(=O)O. The van der Waals surface area contributed by atoms with E-state index in [1.807, 2.05) is 18.2 Å². The fourth-order valence-corrected chi connectivity index (χ4v) is 4.00. The second-order valence-corrected chi connectivity index (χ2v) is 9.12. The fourth-order valence-electron chi connectivity index (χ4n) is 3.84. The van der Waals surface area contributed by atoms with Gasteiger partial charge in [0.2, 0.25) is 17.7 Å². The summed E-state index contributed by atoms with van der Waals surface area (Å²) in [6, 6.07) is 1.95. The lowest BCUT2D eigenvalue weighted by atomic mass is 10.0. The van der Waals surface area contributed by atoms with Gasteiger partial charge in [-0.25, -0.2) is 9.78 Å². The van der Waals surface area contributed by atoms with Crippen molar-refractivity contribution in [3.05, 3.63) is 54.2 Å². The van der Waals surface area contributed by atoms with Gasteiger partial charge in [0.1, 0.15) is 18.1 Å². The Labute approximate surface area is 227 Å². The van der Waals surface area contributed by atoms with Crippen molar-refractivity contribution in [2.24, 2.45) is 5.73 Å². The summed E-state index contributed by atoms with van der Waals surface area (Å²) in [7, 11) is 0. The van der Waals surface area contributed by atoms with E-state index in [1.165, 1.54) is 12.5 Å². The summed E-state index contributed by atoms with van der Waals surface area (Å²) in [5.41, 5.74) is 7.64. The van der Waals surface area contributed by atoms with Crippen LogP contribution in [0.15, 0.2) is 43.0 Å².